The molecule has 0 aliphatic carbocycles. The summed E-state index contributed by atoms with van der Waals surface area (Å²) in [5, 5.41) is 0. The summed E-state index contributed by atoms with van der Waals surface area (Å²) in [5.74, 6) is -1.37. The largest absolute Gasteiger partial charge is 0.480 e. The van der Waals surface area contributed by atoms with E-state index in [4.69, 9.17) is 9.29 Å². The number of hydrogen-bond donors (Lipinski definition) is 1. The first-order valence-electron chi connectivity index (χ1n) is 8.34. The Bertz CT molecular complexity index is 942. The molecule has 5 nitrogen and oxygen atoms in total. The van der Waals surface area contributed by atoms with E-state index in [9.17, 15) is 35.3 Å². The van der Waals surface area contributed by atoms with Gasteiger partial charge in [0.2, 0.25) is 0 Å². The number of halogens is 6. The standard InChI is InChI=1S/C18H13F6NO4S/c19-17(20,21)10-7-11(18(22,23)24)9-13(8-10)29-15-5-6-25(16(15)26)12-1-3-14(4-2-12)30(27)28/h1-4,7-9,15H,5-6H2,(H,27,28). The lowest BCUT2D eigenvalue weighted by molar-refractivity contribution is -0.143. The van der Waals surface area contributed by atoms with Gasteiger partial charge in [0.25, 0.3) is 5.91 Å². The van der Waals surface area contributed by atoms with Crippen molar-refractivity contribution in [2.45, 2.75) is 29.8 Å². The molecule has 1 fully saturated rings. The molecule has 0 saturated carbocycles. The van der Waals surface area contributed by atoms with Gasteiger partial charge in [0, 0.05) is 18.7 Å². The molecule has 2 aromatic carbocycles. The number of carbonyl (C=O) groups is 1. The molecule has 1 aliphatic heterocycles. The van der Waals surface area contributed by atoms with E-state index < -0.39 is 52.3 Å². The summed E-state index contributed by atoms with van der Waals surface area (Å²) < 4.78 is 103. The van der Waals surface area contributed by atoms with E-state index in [-0.39, 0.29) is 23.9 Å². The highest BCUT2D eigenvalue weighted by atomic mass is 32.2. The van der Waals surface area contributed by atoms with Crippen LogP contribution < -0.4 is 9.64 Å². The maximum absolute atomic E-state index is 13.0. The van der Waals surface area contributed by atoms with Crippen LogP contribution in [0.4, 0.5) is 32.0 Å². The molecule has 1 aliphatic rings. The van der Waals surface area contributed by atoms with Crippen molar-refractivity contribution in [2.24, 2.45) is 0 Å². The Hall–Kier alpha value is -2.60. The van der Waals surface area contributed by atoms with Crippen LogP contribution in [0.5, 0.6) is 5.75 Å². The molecule has 3 rings (SSSR count). The average Bonchev–Trinajstić information content (AvgIpc) is 3.00. The fourth-order valence-corrected chi connectivity index (χ4v) is 3.29. The monoisotopic (exact) mass is 453 g/mol. The van der Waals surface area contributed by atoms with Crippen LogP contribution in [0.1, 0.15) is 17.5 Å². The Morgan fingerprint density at radius 1 is 0.967 bits per heavy atom. The number of carbonyl (C=O) groups excluding carboxylic acids is 1. The number of rotatable bonds is 4. The van der Waals surface area contributed by atoms with Gasteiger partial charge in [-0.15, -0.1) is 0 Å². The van der Waals surface area contributed by atoms with Gasteiger partial charge in [0.05, 0.1) is 16.0 Å². The lowest BCUT2D eigenvalue weighted by Gasteiger charge is -2.19. The average molecular weight is 453 g/mol. The van der Waals surface area contributed by atoms with Crippen molar-refractivity contribution in [1.29, 1.82) is 0 Å². The van der Waals surface area contributed by atoms with Crippen molar-refractivity contribution in [2.75, 3.05) is 11.4 Å². The second-order valence-corrected chi connectivity index (χ2v) is 7.34. The number of hydrogen-bond acceptors (Lipinski definition) is 3. The third-order valence-corrected chi connectivity index (χ3v) is 5.02. The summed E-state index contributed by atoms with van der Waals surface area (Å²) in [4.78, 5) is 13.9. The van der Waals surface area contributed by atoms with Gasteiger partial charge in [-0.3, -0.25) is 4.79 Å². The van der Waals surface area contributed by atoms with E-state index in [1.807, 2.05) is 0 Å². The number of benzene rings is 2. The van der Waals surface area contributed by atoms with Gasteiger partial charge in [0.1, 0.15) is 5.75 Å². The second-order valence-electron chi connectivity index (χ2n) is 6.37. The van der Waals surface area contributed by atoms with Gasteiger partial charge in [-0.1, -0.05) is 0 Å². The Morgan fingerprint density at radius 3 is 1.97 bits per heavy atom. The first-order valence-corrected chi connectivity index (χ1v) is 9.45. The number of anilines is 1. The number of ether oxygens (including phenoxy) is 1. The molecule has 30 heavy (non-hydrogen) atoms. The van der Waals surface area contributed by atoms with Gasteiger partial charge >= 0.3 is 12.4 Å². The minimum Gasteiger partial charge on any atom is -0.480 e. The van der Waals surface area contributed by atoms with Crippen molar-refractivity contribution in [3.63, 3.8) is 0 Å². The van der Waals surface area contributed by atoms with Gasteiger partial charge in [-0.05, 0) is 42.5 Å². The van der Waals surface area contributed by atoms with Crippen LogP contribution in [0, 0.1) is 0 Å². The molecule has 1 saturated heterocycles. The molecule has 12 heteroatoms. The molecule has 1 amide bonds. The van der Waals surface area contributed by atoms with E-state index in [1.165, 1.54) is 29.2 Å². The van der Waals surface area contributed by atoms with Crippen LogP contribution in [-0.2, 0) is 28.2 Å². The van der Waals surface area contributed by atoms with Crippen LogP contribution >= 0.6 is 0 Å². The third-order valence-electron chi connectivity index (χ3n) is 4.35. The SMILES string of the molecule is O=C1C(Oc2cc(C(F)(F)F)cc(C(F)(F)F)c2)CCN1c1ccc(S(=O)O)cc1. The van der Waals surface area contributed by atoms with Crippen LogP contribution in [-0.4, -0.2) is 27.3 Å². The van der Waals surface area contributed by atoms with Crippen molar-refractivity contribution in [3.05, 3.63) is 53.6 Å². The molecule has 1 heterocycles. The summed E-state index contributed by atoms with van der Waals surface area (Å²) in [5.41, 5.74) is -2.73. The minimum absolute atomic E-state index is 0.0255. The predicted molar refractivity (Wildman–Crippen MR) is 93.3 cm³/mol. The van der Waals surface area contributed by atoms with Gasteiger partial charge in [-0.25, -0.2) is 4.21 Å². The van der Waals surface area contributed by atoms with Crippen molar-refractivity contribution >= 4 is 22.7 Å². The van der Waals surface area contributed by atoms with Crippen molar-refractivity contribution in [3.8, 4) is 5.75 Å². The highest BCUT2D eigenvalue weighted by Gasteiger charge is 2.39. The van der Waals surface area contributed by atoms with Crippen LogP contribution in [0.3, 0.4) is 0 Å². The Labute approximate surface area is 168 Å². The fraction of sp³-hybridized carbons (Fsp3) is 0.278. The molecule has 162 valence electrons. The smallest absolute Gasteiger partial charge is 0.416 e. The fourth-order valence-electron chi connectivity index (χ4n) is 2.92. The summed E-state index contributed by atoms with van der Waals surface area (Å²) in [6.07, 6.45) is -11.3. The molecule has 2 atom stereocenters. The molecule has 2 aromatic rings. The van der Waals surface area contributed by atoms with Crippen molar-refractivity contribution in [1.82, 2.24) is 0 Å². The predicted octanol–water partition coefficient (Wildman–Crippen LogP) is 4.49. The van der Waals surface area contributed by atoms with E-state index in [2.05, 4.69) is 0 Å². The molecular formula is C18H13F6NO4S. The quantitative estimate of drug-likeness (QED) is 0.547. The van der Waals surface area contributed by atoms with E-state index in [0.29, 0.717) is 17.8 Å². The van der Waals surface area contributed by atoms with Crippen LogP contribution in [0.2, 0.25) is 0 Å². The molecule has 0 radical (unpaired) electrons. The summed E-state index contributed by atoms with van der Waals surface area (Å²) in [6, 6.07) is 6.23. The highest BCUT2D eigenvalue weighted by Crippen LogP contribution is 2.39. The zero-order chi connectivity index (χ0) is 22.3. The molecule has 2 unspecified atom stereocenters. The van der Waals surface area contributed by atoms with Crippen LogP contribution in [0.15, 0.2) is 47.4 Å². The molecular weight excluding hydrogens is 440 g/mol. The van der Waals surface area contributed by atoms with Gasteiger partial charge in [0.15, 0.2) is 17.2 Å². The lowest BCUT2D eigenvalue weighted by atomic mass is 10.1. The van der Waals surface area contributed by atoms with E-state index in [1.54, 1.807) is 0 Å². The maximum atomic E-state index is 13.0. The molecule has 1 N–H and O–H groups in total. The summed E-state index contributed by atoms with van der Waals surface area (Å²) in [6.45, 7) is 0.107. The van der Waals surface area contributed by atoms with Gasteiger partial charge in [-0.2, -0.15) is 26.3 Å². The number of alkyl halides is 6. The molecule has 0 bridgehead atoms. The van der Waals surface area contributed by atoms with E-state index in [0.717, 1.165) is 0 Å². The zero-order valence-corrected chi connectivity index (χ0v) is 15.6. The van der Waals surface area contributed by atoms with E-state index >= 15 is 0 Å². The third kappa shape index (κ3) is 4.75. The normalized spacial score (nSPS) is 18.6. The van der Waals surface area contributed by atoms with Gasteiger partial charge < -0.3 is 14.2 Å². The zero-order valence-electron chi connectivity index (χ0n) is 14.8. The summed E-state index contributed by atoms with van der Waals surface area (Å²) in [7, 11) is 0. The Kier molecular flexibility index (Phi) is 5.83. The molecule has 0 spiro atoms. The topological polar surface area (TPSA) is 66.8 Å². The second kappa shape index (κ2) is 7.91. The first kappa shape index (κ1) is 22.1. The number of nitrogens with zero attached hydrogens (tertiary/aromatic N) is 1. The Balaban J connectivity index is 1.83. The molecule has 0 aromatic heterocycles. The number of amides is 1. The highest BCUT2D eigenvalue weighted by molar-refractivity contribution is 7.79. The summed E-state index contributed by atoms with van der Waals surface area (Å²) >= 11 is -2.21. The minimum atomic E-state index is -5.03. The Morgan fingerprint density at radius 2 is 1.50 bits per heavy atom. The maximum Gasteiger partial charge on any atom is 0.416 e. The van der Waals surface area contributed by atoms with Crippen LogP contribution in [0.25, 0.3) is 0 Å². The van der Waals surface area contributed by atoms with Crippen molar-refractivity contribution < 1.29 is 44.6 Å². The lowest BCUT2D eigenvalue weighted by Crippen LogP contribution is -2.32. The first-order chi connectivity index (χ1) is 13.9.